The fourth-order valence-corrected chi connectivity index (χ4v) is 3.97. The van der Waals surface area contributed by atoms with E-state index >= 15 is 0 Å². The van der Waals surface area contributed by atoms with Crippen molar-refractivity contribution in [1.29, 1.82) is 0 Å². The number of likely N-dealkylation sites (tertiary alicyclic amines) is 1. The number of nitrogens with zero attached hydrogens (tertiary/aromatic N) is 3. The molecule has 2 amide bonds. The number of carbonyl (C=O) groups excluding carboxylic acids is 2. The Morgan fingerprint density at radius 2 is 1.61 bits per heavy atom. The summed E-state index contributed by atoms with van der Waals surface area (Å²) < 4.78 is 0. The average Bonchev–Trinajstić information content (AvgIpc) is 2.97. The van der Waals surface area contributed by atoms with Crippen LogP contribution in [0.5, 0.6) is 0 Å². The molecule has 126 valence electrons. The third kappa shape index (κ3) is 4.32. The van der Waals surface area contributed by atoms with Crippen LogP contribution in [0, 0.1) is 0 Å². The quantitative estimate of drug-likeness (QED) is 0.847. The van der Waals surface area contributed by atoms with Crippen molar-refractivity contribution in [2.75, 3.05) is 45.8 Å². The summed E-state index contributed by atoms with van der Waals surface area (Å²) in [4.78, 5) is 31.7. The first-order valence-electron chi connectivity index (χ1n) is 8.57. The Morgan fingerprint density at radius 1 is 0.913 bits per heavy atom. The summed E-state index contributed by atoms with van der Waals surface area (Å²) in [6, 6.07) is 3.79. The number of hydrogen-bond donors (Lipinski definition) is 0. The first-order valence-corrected chi connectivity index (χ1v) is 9.45. The molecule has 0 N–H and O–H groups in total. The molecule has 5 nitrogen and oxygen atoms in total. The number of carbonyl (C=O) groups is 2. The molecule has 0 bridgehead atoms. The lowest BCUT2D eigenvalue weighted by Gasteiger charge is -2.35. The smallest absolute Gasteiger partial charge is 0.264 e. The first-order chi connectivity index (χ1) is 11.2. The second kappa shape index (κ2) is 7.93. The minimum Gasteiger partial charge on any atom is -0.342 e. The van der Waals surface area contributed by atoms with Gasteiger partial charge in [-0.3, -0.25) is 14.5 Å². The van der Waals surface area contributed by atoms with Crippen LogP contribution in [0.1, 0.15) is 35.4 Å². The van der Waals surface area contributed by atoms with Crippen molar-refractivity contribution in [1.82, 2.24) is 14.7 Å². The van der Waals surface area contributed by atoms with Crippen molar-refractivity contribution in [3.05, 3.63) is 22.4 Å². The molecule has 23 heavy (non-hydrogen) atoms. The second-order valence-corrected chi connectivity index (χ2v) is 7.29. The van der Waals surface area contributed by atoms with E-state index in [9.17, 15) is 9.59 Å². The Balaban J connectivity index is 1.45. The molecule has 3 rings (SSSR count). The number of piperazine rings is 1. The van der Waals surface area contributed by atoms with Gasteiger partial charge in [0, 0.05) is 39.3 Å². The molecule has 0 atom stereocenters. The highest BCUT2D eigenvalue weighted by Gasteiger charge is 2.25. The van der Waals surface area contributed by atoms with Gasteiger partial charge in [-0.2, -0.15) is 0 Å². The molecule has 0 aliphatic carbocycles. The number of amides is 2. The van der Waals surface area contributed by atoms with Gasteiger partial charge in [0.2, 0.25) is 5.91 Å². The zero-order chi connectivity index (χ0) is 16.1. The minimum absolute atomic E-state index is 0.124. The first kappa shape index (κ1) is 16.5. The van der Waals surface area contributed by atoms with E-state index in [0.717, 1.165) is 43.9 Å². The van der Waals surface area contributed by atoms with E-state index in [1.54, 1.807) is 0 Å². The van der Waals surface area contributed by atoms with Crippen LogP contribution in [-0.2, 0) is 4.79 Å². The molecule has 0 aromatic carbocycles. The molecular formula is C17H25N3O2S. The summed E-state index contributed by atoms with van der Waals surface area (Å²) in [6.45, 7) is 5.33. The molecule has 2 aliphatic rings. The van der Waals surface area contributed by atoms with Crippen LogP contribution < -0.4 is 0 Å². The van der Waals surface area contributed by atoms with E-state index < -0.39 is 0 Å². The average molecular weight is 335 g/mol. The van der Waals surface area contributed by atoms with Gasteiger partial charge < -0.3 is 9.80 Å². The molecule has 2 saturated heterocycles. The Bertz CT molecular complexity index is 516. The van der Waals surface area contributed by atoms with Crippen LogP contribution >= 0.6 is 11.3 Å². The fraction of sp³-hybridized carbons (Fsp3) is 0.647. The predicted molar refractivity (Wildman–Crippen MR) is 91.7 cm³/mol. The highest BCUT2D eigenvalue weighted by atomic mass is 32.1. The Kier molecular flexibility index (Phi) is 5.67. The van der Waals surface area contributed by atoms with Crippen molar-refractivity contribution >= 4 is 23.2 Å². The van der Waals surface area contributed by atoms with Crippen LogP contribution in [0.15, 0.2) is 17.5 Å². The van der Waals surface area contributed by atoms with Crippen LogP contribution in [-0.4, -0.2) is 72.3 Å². The van der Waals surface area contributed by atoms with Gasteiger partial charge in [-0.15, -0.1) is 11.3 Å². The van der Waals surface area contributed by atoms with Crippen molar-refractivity contribution < 1.29 is 9.59 Å². The standard InChI is InChI=1S/C17H25N3O2S/c21-16(19-7-3-1-2-4-8-19)14-18-9-11-20(12-10-18)17(22)15-6-5-13-23-15/h5-6,13H,1-4,7-12,14H2. The van der Waals surface area contributed by atoms with Crippen molar-refractivity contribution in [2.45, 2.75) is 25.7 Å². The van der Waals surface area contributed by atoms with Crippen LogP contribution in [0.3, 0.4) is 0 Å². The molecular weight excluding hydrogens is 310 g/mol. The fourth-order valence-electron chi connectivity index (χ4n) is 3.28. The molecule has 0 unspecified atom stereocenters. The van der Waals surface area contributed by atoms with Crippen LogP contribution in [0.4, 0.5) is 0 Å². The van der Waals surface area contributed by atoms with E-state index in [-0.39, 0.29) is 11.8 Å². The van der Waals surface area contributed by atoms with Gasteiger partial charge in [-0.1, -0.05) is 18.9 Å². The monoisotopic (exact) mass is 335 g/mol. The largest absolute Gasteiger partial charge is 0.342 e. The van der Waals surface area contributed by atoms with Gasteiger partial charge in [0.25, 0.3) is 5.91 Å². The summed E-state index contributed by atoms with van der Waals surface area (Å²) in [5, 5.41) is 1.93. The molecule has 2 aliphatic heterocycles. The summed E-state index contributed by atoms with van der Waals surface area (Å²) >= 11 is 1.49. The van der Waals surface area contributed by atoms with Gasteiger partial charge in [0.15, 0.2) is 0 Å². The number of rotatable bonds is 3. The summed E-state index contributed by atoms with van der Waals surface area (Å²) in [6.07, 6.45) is 4.75. The molecule has 1 aromatic heterocycles. The van der Waals surface area contributed by atoms with Gasteiger partial charge >= 0.3 is 0 Å². The SMILES string of the molecule is O=C(CN1CCN(C(=O)c2cccs2)CC1)N1CCCCCC1. The van der Waals surface area contributed by atoms with E-state index in [4.69, 9.17) is 0 Å². The molecule has 0 spiro atoms. The highest BCUT2D eigenvalue weighted by Crippen LogP contribution is 2.14. The molecule has 0 saturated carbocycles. The zero-order valence-electron chi connectivity index (χ0n) is 13.6. The van der Waals surface area contributed by atoms with Gasteiger partial charge in [0.05, 0.1) is 11.4 Å². The predicted octanol–water partition coefficient (Wildman–Crippen LogP) is 1.91. The summed E-state index contributed by atoms with van der Waals surface area (Å²) in [5.41, 5.74) is 0. The molecule has 3 heterocycles. The van der Waals surface area contributed by atoms with Gasteiger partial charge in [-0.25, -0.2) is 0 Å². The molecule has 0 radical (unpaired) electrons. The summed E-state index contributed by atoms with van der Waals surface area (Å²) in [7, 11) is 0. The maximum absolute atomic E-state index is 12.4. The lowest BCUT2D eigenvalue weighted by Crippen LogP contribution is -2.51. The third-order valence-electron chi connectivity index (χ3n) is 4.71. The molecule has 1 aromatic rings. The van der Waals surface area contributed by atoms with Crippen molar-refractivity contribution in [3.8, 4) is 0 Å². The van der Waals surface area contributed by atoms with Crippen molar-refractivity contribution in [3.63, 3.8) is 0 Å². The second-order valence-electron chi connectivity index (χ2n) is 6.34. The highest BCUT2D eigenvalue weighted by molar-refractivity contribution is 7.12. The lowest BCUT2D eigenvalue weighted by atomic mass is 10.2. The van der Waals surface area contributed by atoms with Gasteiger partial charge in [0.1, 0.15) is 0 Å². The summed E-state index contributed by atoms with van der Waals surface area (Å²) in [5.74, 6) is 0.378. The minimum atomic E-state index is 0.124. The maximum Gasteiger partial charge on any atom is 0.264 e. The lowest BCUT2D eigenvalue weighted by molar-refractivity contribution is -0.132. The normalized spacial score (nSPS) is 20.3. The van der Waals surface area contributed by atoms with Crippen LogP contribution in [0.2, 0.25) is 0 Å². The van der Waals surface area contributed by atoms with E-state index in [1.165, 1.54) is 24.2 Å². The van der Waals surface area contributed by atoms with Crippen LogP contribution in [0.25, 0.3) is 0 Å². The van der Waals surface area contributed by atoms with Crippen molar-refractivity contribution in [2.24, 2.45) is 0 Å². The maximum atomic E-state index is 12.4. The number of hydrogen-bond acceptors (Lipinski definition) is 4. The third-order valence-corrected chi connectivity index (χ3v) is 5.57. The Morgan fingerprint density at radius 3 is 2.22 bits per heavy atom. The zero-order valence-corrected chi connectivity index (χ0v) is 14.4. The molecule has 6 heteroatoms. The Labute approximate surface area is 141 Å². The molecule has 2 fully saturated rings. The Hall–Kier alpha value is -1.40. The van der Waals surface area contributed by atoms with E-state index in [2.05, 4.69) is 4.90 Å². The number of thiophene rings is 1. The van der Waals surface area contributed by atoms with Gasteiger partial charge in [-0.05, 0) is 24.3 Å². The topological polar surface area (TPSA) is 43.9 Å². The van der Waals surface area contributed by atoms with E-state index in [0.29, 0.717) is 19.6 Å². The van der Waals surface area contributed by atoms with E-state index in [1.807, 2.05) is 27.3 Å².